The summed E-state index contributed by atoms with van der Waals surface area (Å²) in [6.07, 6.45) is 0.156. The molecule has 0 unspecified atom stereocenters. The highest BCUT2D eigenvalue weighted by molar-refractivity contribution is 6.00. The third-order valence-electron chi connectivity index (χ3n) is 8.71. The van der Waals surface area contributed by atoms with E-state index in [0.29, 0.717) is 56.3 Å². The highest BCUT2D eigenvalue weighted by Gasteiger charge is 2.33. The zero-order valence-electron chi connectivity index (χ0n) is 26.7. The molecular formula is C36H46N4O5. The highest BCUT2D eigenvalue weighted by Crippen LogP contribution is 2.31. The molecule has 240 valence electrons. The van der Waals surface area contributed by atoms with Crippen molar-refractivity contribution in [1.82, 2.24) is 14.7 Å². The number of amides is 2. The SMILES string of the molecule is C[C@@H]1CN([C@@H](C)CO)C(=O)c2cc(NC(=O)CCN3CCOCC3)ccc2O[C@@H]1CN(C)Cc1ccc(-c2ccccc2)cc1. The van der Waals surface area contributed by atoms with Crippen molar-refractivity contribution in [3.8, 4) is 16.9 Å². The molecule has 0 spiro atoms. The molecule has 9 nitrogen and oxygen atoms in total. The molecule has 2 heterocycles. The van der Waals surface area contributed by atoms with Crippen LogP contribution < -0.4 is 10.1 Å². The van der Waals surface area contributed by atoms with Crippen LogP contribution in [0.2, 0.25) is 0 Å². The van der Waals surface area contributed by atoms with E-state index in [9.17, 15) is 14.7 Å². The van der Waals surface area contributed by atoms with E-state index in [2.05, 4.69) is 65.5 Å². The first-order valence-electron chi connectivity index (χ1n) is 16.0. The Morgan fingerprint density at radius 1 is 1.04 bits per heavy atom. The second kappa shape index (κ2) is 15.5. The quantitative estimate of drug-likeness (QED) is 0.331. The summed E-state index contributed by atoms with van der Waals surface area (Å²) in [5.74, 6) is 0.177. The minimum absolute atomic E-state index is 0.0126. The fourth-order valence-corrected chi connectivity index (χ4v) is 5.94. The Kier molecular flexibility index (Phi) is 11.2. The fraction of sp³-hybridized carbons (Fsp3) is 0.444. The molecule has 0 bridgehead atoms. The summed E-state index contributed by atoms with van der Waals surface area (Å²) in [6.45, 7) is 9.33. The molecule has 3 aromatic carbocycles. The van der Waals surface area contributed by atoms with Crippen LogP contribution in [0.15, 0.2) is 72.8 Å². The fourth-order valence-electron chi connectivity index (χ4n) is 5.94. The summed E-state index contributed by atoms with van der Waals surface area (Å²) in [6, 6.07) is 23.9. The number of ether oxygens (including phenoxy) is 2. The molecule has 2 amide bonds. The monoisotopic (exact) mass is 614 g/mol. The average molecular weight is 615 g/mol. The van der Waals surface area contributed by atoms with Gasteiger partial charge < -0.3 is 24.8 Å². The lowest BCUT2D eigenvalue weighted by Crippen LogP contribution is -2.49. The van der Waals surface area contributed by atoms with Gasteiger partial charge in [0.05, 0.1) is 31.4 Å². The minimum atomic E-state index is -0.362. The Bertz CT molecular complexity index is 1410. The van der Waals surface area contributed by atoms with Crippen LogP contribution in [0.25, 0.3) is 11.1 Å². The molecule has 0 aromatic heterocycles. The second-order valence-corrected chi connectivity index (χ2v) is 12.3. The summed E-state index contributed by atoms with van der Waals surface area (Å²) in [5, 5.41) is 13.0. The van der Waals surface area contributed by atoms with Gasteiger partial charge in [-0.15, -0.1) is 0 Å². The first kappa shape index (κ1) is 32.6. The average Bonchev–Trinajstić information content (AvgIpc) is 3.06. The standard InChI is InChI=1S/C36H46N4O5/c1-26-22-40(27(2)25-41)36(43)32-21-31(37-35(42)15-16-39-17-19-44-20-18-39)13-14-33(32)45-34(26)24-38(3)23-28-9-11-30(12-10-28)29-7-5-4-6-8-29/h4-14,21,26-27,34,41H,15-20,22-25H2,1-3H3,(H,37,42)/t26-,27+,34-/m1/s1. The first-order valence-corrected chi connectivity index (χ1v) is 16.0. The molecule has 2 aliphatic heterocycles. The van der Waals surface area contributed by atoms with Crippen molar-refractivity contribution in [2.75, 3.05) is 64.9 Å². The van der Waals surface area contributed by atoms with Crippen LogP contribution in [-0.4, -0.2) is 103 Å². The lowest BCUT2D eigenvalue weighted by atomic mass is 9.99. The maximum atomic E-state index is 13.8. The molecule has 1 fully saturated rings. The summed E-state index contributed by atoms with van der Waals surface area (Å²) >= 11 is 0. The molecule has 5 rings (SSSR count). The van der Waals surface area contributed by atoms with E-state index in [1.54, 1.807) is 23.1 Å². The topological polar surface area (TPSA) is 94.6 Å². The number of morpholine rings is 1. The van der Waals surface area contributed by atoms with E-state index in [1.807, 2.05) is 25.1 Å². The first-order chi connectivity index (χ1) is 21.8. The number of fused-ring (bicyclic) bond motifs is 1. The Labute approximate surface area is 266 Å². The minimum Gasteiger partial charge on any atom is -0.488 e. The predicted octanol–water partition coefficient (Wildman–Crippen LogP) is 4.37. The van der Waals surface area contributed by atoms with Gasteiger partial charge in [0.2, 0.25) is 5.91 Å². The number of rotatable bonds is 11. The molecule has 3 aromatic rings. The van der Waals surface area contributed by atoms with Gasteiger partial charge in [0.15, 0.2) is 0 Å². The normalized spacial score (nSPS) is 19.8. The lowest BCUT2D eigenvalue weighted by molar-refractivity contribution is -0.116. The zero-order chi connectivity index (χ0) is 31.8. The van der Waals surface area contributed by atoms with Crippen LogP contribution in [-0.2, 0) is 16.1 Å². The van der Waals surface area contributed by atoms with Crippen molar-refractivity contribution >= 4 is 17.5 Å². The van der Waals surface area contributed by atoms with E-state index >= 15 is 0 Å². The zero-order valence-corrected chi connectivity index (χ0v) is 26.7. The molecule has 1 saturated heterocycles. The Balaban J connectivity index is 1.28. The molecular weight excluding hydrogens is 568 g/mol. The van der Waals surface area contributed by atoms with Gasteiger partial charge in [-0.05, 0) is 48.9 Å². The van der Waals surface area contributed by atoms with Gasteiger partial charge in [0.25, 0.3) is 5.91 Å². The van der Waals surface area contributed by atoms with Crippen LogP contribution in [0.3, 0.4) is 0 Å². The van der Waals surface area contributed by atoms with E-state index in [4.69, 9.17) is 9.47 Å². The van der Waals surface area contributed by atoms with E-state index < -0.39 is 0 Å². The molecule has 45 heavy (non-hydrogen) atoms. The Morgan fingerprint density at radius 2 is 1.76 bits per heavy atom. The number of carbonyl (C=O) groups excluding carboxylic acids is 2. The van der Waals surface area contributed by atoms with Crippen molar-refractivity contribution in [1.29, 1.82) is 0 Å². The van der Waals surface area contributed by atoms with E-state index in [-0.39, 0.29) is 36.5 Å². The third kappa shape index (κ3) is 8.70. The van der Waals surface area contributed by atoms with Crippen molar-refractivity contribution in [2.45, 2.75) is 39.0 Å². The van der Waals surface area contributed by atoms with Crippen molar-refractivity contribution in [3.05, 3.63) is 83.9 Å². The van der Waals surface area contributed by atoms with Gasteiger partial charge in [-0.25, -0.2) is 0 Å². The molecule has 9 heteroatoms. The van der Waals surface area contributed by atoms with Gasteiger partial charge in [0.1, 0.15) is 11.9 Å². The van der Waals surface area contributed by atoms with Crippen molar-refractivity contribution in [2.24, 2.45) is 5.92 Å². The molecule has 0 aliphatic carbocycles. The number of aliphatic hydroxyl groups is 1. The summed E-state index contributed by atoms with van der Waals surface area (Å²) < 4.78 is 12.0. The van der Waals surface area contributed by atoms with Gasteiger partial charge in [-0.2, -0.15) is 0 Å². The van der Waals surface area contributed by atoms with Crippen LogP contribution in [0.4, 0.5) is 5.69 Å². The number of nitrogens with zero attached hydrogens (tertiary/aromatic N) is 3. The maximum absolute atomic E-state index is 13.8. The van der Waals surface area contributed by atoms with Crippen molar-refractivity contribution < 1.29 is 24.2 Å². The van der Waals surface area contributed by atoms with Crippen molar-refractivity contribution in [3.63, 3.8) is 0 Å². The highest BCUT2D eigenvalue weighted by atomic mass is 16.5. The molecule has 0 radical (unpaired) electrons. The van der Waals surface area contributed by atoms with Gasteiger partial charge in [0, 0.05) is 57.3 Å². The summed E-state index contributed by atoms with van der Waals surface area (Å²) in [5.41, 5.74) is 4.52. The van der Waals surface area contributed by atoms with E-state index in [0.717, 1.165) is 19.6 Å². The smallest absolute Gasteiger partial charge is 0.258 e. The summed E-state index contributed by atoms with van der Waals surface area (Å²) in [4.78, 5) is 32.8. The number of anilines is 1. The largest absolute Gasteiger partial charge is 0.488 e. The Morgan fingerprint density at radius 3 is 2.47 bits per heavy atom. The van der Waals surface area contributed by atoms with Crippen LogP contribution in [0.1, 0.15) is 36.2 Å². The van der Waals surface area contributed by atoms with Gasteiger partial charge in [-0.3, -0.25) is 19.4 Å². The number of hydrogen-bond donors (Lipinski definition) is 2. The van der Waals surface area contributed by atoms with Crippen LogP contribution in [0, 0.1) is 5.92 Å². The molecule has 3 atom stereocenters. The lowest BCUT2D eigenvalue weighted by Gasteiger charge is -2.38. The molecule has 0 saturated carbocycles. The van der Waals surface area contributed by atoms with Crippen LogP contribution in [0.5, 0.6) is 5.75 Å². The number of carbonyl (C=O) groups is 2. The molecule has 2 aliphatic rings. The summed E-state index contributed by atoms with van der Waals surface area (Å²) in [7, 11) is 2.08. The Hall–Kier alpha value is -3.76. The number of benzene rings is 3. The maximum Gasteiger partial charge on any atom is 0.258 e. The number of aliphatic hydroxyl groups excluding tert-OH is 1. The van der Waals surface area contributed by atoms with Gasteiger partial charge >= 0.3 is 0 Å². The predicted molar refractivity (Wildman–Crippen MR) is 176 cm³/mol. The second-order valence-electron chi connectivity index (χ2n) is 12.3. The van der Waals surface area contributed by atoms with Gasteiger partial charge in [-0.1, -0.05) is 61.5 Å². The van der Waals surface area contributed by atoms with Crippen LogP contribution >= 0.6 is 0 Å². The van der Waals surface area contributed by atoms with E-state index in [1.165, 1.54) is 16.7 Å². The number of hydrogen-bond acceptors (Lipinski definition) is 7. The third-order valence-corrected chi connectivity index (χ3v) is 8.71. The number of likely N-dealkylation sites (N-methyl/N-ethyl adjacent to an activating group) is 1. The number of nitrogens with one attached hydrogen (secondary N) is 1. The molecule has 2 N–H and O–H groups in total.